The fourth-order valence-corrected chi connectivity index (χ4v) is 8.45. The molecule has 2 unspecified atom stereocenters. The Morgan fingerprint density at radius 2 is 0.704 bits per heavy atom. The Kier molecular flexibility index (Phi) is 58.0. The average Bonchev–Trinajstić information content (AvgIpc) is 3.44. The zero-order valence-electron chi connectivity index (χ0n) is 52.4. The molecule has 0 radical (unpaired) electrons. The molecular weight excluding hydrogens is 1010 g/mol. The van der Waals surface area contributed by atoms with Crippen molar-refractivity contribution in [2.75, 3.05) is 47.5 Å². The van der Waals surface area contributed by atoms with Crippen LogP contribution in [0.25, 0.3) is 0 Å². The van der Waals surface area contributed by atoms with Gasteiger partial charge in [-0.2, -0.15) is 0 Å². The van der Waals surface area contributed by atoms with Crippen LogP contribution < -0.4 is 0 Å². The van der Waals surface area contributed by atoms with Gasteiger partial charge < -0.3 is 28.5 Å². The fourth-order valence-electron chi connectivity index (χ4n) is 8.45. The molecule has 0 aromatic carbocycles. The number of likely N-dealkylation sites (N-methyl/N-ethyl adjacent to an activating group) is 1. The third-order valence-corrected chi connectivity index (χ3v) is 13.4. The molecule has 0 heterocycles. The van der Waals surface area contributed by atoms with Crippen molar-refractivity contribution in [3.8, 4) is 0 Å². The minimum atomic E-state index is -1.52. The number of esters is 2. The number of hydrogen-bond donors (Lipinski definition) is 1. The number of allylic oxidation sites excluding steroid dienone is 22. The number of quaternary nitrogens is 1. The van der Waals surface area contributed by atoms with Crippen LogP contribution in [0.2, 0.25) is 0 Å². The van der Waals surface area contributed by atoms with Crippen LogP contribution in [0, 0.1) is 0 Å². The Bertz CT molecular complexity index is 1790. The minimum absolute atomic E-state index is 0.179. The number of carbonyl (C=O) groups excluding carboxylic acids is 2. The molecule has 0 saturated heterocycles. The van der Waals surface area contributed by atoms with Gasteiger partial charge in [-0.15, -0.1) is 0 Å². The molecule has 0 fully saturated rings. The largest absolute Gasteiger partial charge is 0.477 e. The van der Waals surface area contributed by atoms with E-state index in [0.717, 1.165) is 116 Å². The van der Waals surface area contributed by atoms with E-state index in [-0.39, 0.29) is 38.6 Å². The van der Waals surface area contributed by atoms with Gasteiger partial charge in [-0.05, 0) is 116 Å². The molecule has 0 aliphatic rings. The lowest BCUT2D eigenvalue weighted by Gasteiger charge is -2.25. The van der Waals surface area contributed by atoms with Crippen molar-refractivity contribution < 1.29 is 42.9 Å². The highest BCUT2D eigenvalue weighted by Crippen LogP contribution is 2.15. The van der Waals surface area contributed by atoms with Gasteiger partial charge in [-0.25, -0.2) is 4.79 Å². The van der Waals surface area contributed by atoms with Gasteiger partial charge in [0.1, 0.15) is 13.2 Å². The number of ether oxygens (including phenoxy) is 4. The summed E-state index contributed by atoms with van der Waals surface area (Å²) in [5.74, 6) is -2.03. The first kappa shape index (κ1) is 76.4. The van der Waals surface area contributed by atoms with Gasteiger partial charge in [-0.1, -0.05) is 250 Å². The van der Waals surface area contributed by atoms with Crippen LogP contribution in [-0.2, 0) is 33.3 Å². The Hall–Kier alpha value is -4.57. The molecule has 1 N–H and O–H groups in total. The third kappa shape index (κ3) is 62.9. The van der Waals surface area contributed by atoms with Crippen molar-refractivity contribution in [2.45, 2.75) is 257 Å². The highest BCUT2D eigenvalue weighted by molar-refractivity contribution is 5.71. The van der Waals surface area contributed by atoms with Crippen molar-refractivity contribution in [3.63, 3.8) is 0 Å². The predicted octanol–water partition coefficient (Wildman–Crippen LogP) is 19.8. The maximum Gasteiger partial charge on any atom is 0.361 e. The summed E-state index contributed by atoms with van der Waals surface area (Å²) >= 11 is 0. The zero-order chi connectivity index (χ0) is 59.1. The van der Waals surface area contributed by atoms with Gasteiger partial charge >= 0.3 is 17.9 Å². The molecule has 9 nitrogen and oxygen atoms in total. The lowest BCUT2D eigenvalue weighted by molar-refractivity contribution is -0.870. The van der Waals surface area contributed by atoms with Crippen molar-refractivity contribution in [3.05, 3.63) is 134 Å². The fraction of sp³-hybridized carbons (Fsp3) is 0.653. The van der Waals surface area contributed by atoms with E-state index in [0.29, 0.717) is 17.4 Å². The molecule has 9 heteroatoms. The monoisotopic (exact) mass is 1130 g/mol. The second kappa shape index (κ2) is 61.5. The molecule has 0 spiro atoms. The molecular formula is C72H120NO8+. The number of unbranched alkanes of at least 4 members (excludes halogenated alkanes) is 21. The number of carboxylic acid groups (broad SMARTS) is 1. The minimum Gasteiger partial charge on any atom is -0.477 e. The first-order valence-corrected chi connectivity index (χ1v) is 32.3. The van der Waals surface area contributed by atoms with Gasteiger partial charge in [0.2, 0.25) is 0 Å². The highest BCUT2D eigenvalue weighted by Gasteiger charge is 2.25. The third-order valence-electron chi connectivity index (χ3n) is 13.4. The second-order valence-electron chi connectivity index (χ2n) is 22.3. The first-order chi connectivity index (χ1) is 39.6. The van der Waals surface area contributed by atoms with Gasteiger partial charge in [0.25, 0.3) is 6.29 Å². The summed E-state index contributed by atoms with van der Waals surface area (Å²) in [6.45, 7) is 4.71. The van der Waals surface area contributed by atoms with Crippen LogP contribution in [0.3, 0.4) is 0 Å². The lowest BCUT2D eigenvalue weighted by atomic mass is 10.0. The lowest BCUT2D eigenvalue weighted by Crippen LogP contribution is -2.40. The summed E-state index contributed by atoms with van der Waals surface area (Å²) < 4.78 is 22.9. The Morgan fingerprint density at radius 1 is 0.383 bits per heavy atom. The molecule has 0 aromatic rings. The molecule has 460 valence electrons. The molecule has 0 aliphatic heterocycles. The Balaban J connectivity index is 4.18. The van der Waals surface area contributed by atoms with E-state index in [9.17, 15) is 19.5 Å². The Labute approximate surface area is 497 Å². The van der Waals surface area contributed by atoms with E-state index in [1.165, 1.54) is 96.3 Å². The average molecular weight is 1130 g/mol. The van der Waals surface area contributed by atoms with E-state index in [1.54, 1.807) is 0 Å². The standard InChI is InChI=1S/C72H119NO8/c1-6-8-10-12-14-16-18-20-22-24-26-27-28-29-30-31-32-33-34-35-36-37-38-39-40-41-42-43-45-47-49-51-53-55-57-59-61-63-70(75)81-68(67-80-72(71(76)77)78-65-64-73(3,4)5)66-79-69(74)62-60-58-56-54-52-50-48-46-44-25-23-21-19-17-15-13-11-9-7-2/h8,10,14-17,20-23,26-27,29-30,32-33,35-36,38-39,44,46,68,72H,6-7,9,11-13,18-19,24-25,28,31,34,37,40-43,45,47-67H2,1-5H3/p+1/b10-8-,16-14-,17-15-,22-20-,23-21-,27-26-,30-29-,33-32-,36-35-,39-38-,46-44-. The quantitative estimate of drug-likeness (QED) is 0.0211. The SMILES string of the molecule is CC/C=C\C/C=C\C/C=C\C/C=C\C/C=C\C/C=C\C/C=C\C/C=C\CCCCCCCCCCCCCCC(=O)OC(COC(=O)CCCCCCCC/C=C\C/C=C\C/C=C\CCCCC)COC(OCC[N+](C)(C)C)C(=O)O. The second-order valence-corrected chi connectivity index (χ2v) is 22.3. The molecule has 81 heavy (non-hydrogen) atoms. The number of aliphatic carboxylic acids is 1. The summed E-state index contributed by atoms with van der Waals surface area (Å²) in [4.78, 5) is 37.5. The van der Waals surface area contributed by atoms with Crippen LogP contribution in [0.5, 0.6) is 0 Å². The number of rotatable bonds is 58. The Morgan fingerprint density at radius 3 is 1.05 bits per heavy atom. The van der Waals surface area contributed by atoms with Crippen LogP contribution >= 0.6 is 0 Å². The van der Waals surface area contributed by atoms with Crippen LogP contribution in [0.15, 0.2) is 134 Å². The summed E-state index contributed by atoms with van der Waals surface area (Å²) in [6, 6.07) is 0. The topological polar surface area (TPSA) is 108 Å². The van der Waals surface area contributed by atoms with Gasteiger partial charge in [0.15, 0.2) is 6.10 Å². The number of hydrogen-bond acceptors (Lipinski definition) is 7. The van der Waals surface area contributed by atoms with E-state index >= 15 is 0 Å². The zero-order valence-corrected chi connectivity index (χ0v) is 52.4. The smallest absolute Gasteiger partial charge is 0.361 e. The van der Waals surface area contributed by atoms with Crippen LogP contribution in [0.4, 0.5) is 0 Å². The maximum absolute atomic E-state index is 12.9. The van der Waals surface area contributed by atoms with Gasteiger partial charge in [0.05, 0.1) is 34.4 Å². The summed E-state index contributed by atoms with van der Waals surface area (Å²) in [6.07, 6.45) is 85.4. The molecule has 0 aromatic heterocycles. The maximum atomic E-state index is 12.9. The van der Waals surface area contributed by atoms with Crippen LogP contribution in [0.1, 0.15) is 245 Å². The van der Waals surface area contributed by atoms with Gasteiger partial charge in [0, 0.05) is 12.8 Å². The van der Waals surface area contributed by atoms with Crippen molar-refractivity contribution in [1.29, 1.82) is 0 Å². The van der Waals surface area contributed by atoms with E-state index in [4.69, 9.17) is 18.9 Å². The number of carboxylic acids is 1. The highest BCUT2D eigenvalue weighted by atomic mass is 16.7. The van der Waals surface area contributed by atoms with Gasteiger partial charge in [-0.3, -0.25) is 9.59 Å². The number of nitrogens with zero attached hydrogens (tertiary/aromatic N) is 1. The van der Waals surface area contributed by atoms with Crippen molar-refractivity contribution >= 4 is 17.9 Å². The normalized spacial score (nSPS) is 13.6. The van der Waals surface area contributed by atoms with E-state index in [2.05, 4.69) is 148 Å². The van der Waals surface area contributed by atoms with E-state index < -0.39 is 24.3 Å². The first-order valence-electron chi connectivity index (χ1n) is 32.3. The molecule has 0 amide bonds. The molecule has 0 rings (SSSR count). The molecule has 0 saturated carbocycles. The predicted molar refractivity (Wildman–Crippen MR) is 345 cm³/mol. The summed E-state index contributed by atoms with van der Waals surface area (Å²) in [5, 5.41) is 9.72. The summed E-state index contributed by atoms with van der Waals surface area (Å²) in [7, 11) is 5.96. The van der Waals surface area contributed by atoms with Crippen molar-refractivity contribution in [1.82, 2.24) is 0 Å². The van der Waals surface area contributed by atoms with Crippen LogP contribution in [-0.4, -0.2) is 87.4 Å². The molecule has 2 atom stereocenters. The molecule has 0 bridgehead atoms. The van der Waals surface area contributed by atoms with Crippen molar-refractivity contribution in [2.24, 2.45) is 0 Å². The number of carbonyl (C=O) groups is 3. The summed E-state index contributed by atoms with van der Waals surface area (Å²) in [5.41, 5.74) is 0. The molecule has 0 aliphatic carbocycles. The van der Waals surface area contributed by atoms with E-state index in [1.807, 2.05) is 21.1 Å².